The van der Waals surface area contributed by atoms with E-state index in [1.54, 1.807) is 9.80 Å². The molecule has 0 saturated carbocycles. The van der Waals surface area contributed by atoms with Gasteiger partial charge < -0.3 is 24.8 Å². The van der Waals surface area contributed by atoms with Crippen molar-refractivity contribution in [3.63, 3.8) is 0 Å². The molecule has 0 aromatic heterocycles. The van der Waals surface area contributed by atoms with Gasteiger partial charge in [-0.25, -0.2) is 0 Å². The summed E-state index contributed by atoms with van der Waals surface area (Å²) >= 11 is 0. The first-order valence-corrected chi connectivity index (χ1v) is 21.3. The van der Waals surface area contributed by atoms with E-state index in [0.717, 1.165) is 32.2 Å². The third-order valence-corrected chi connectivity index (χ3v) is 10.7. The summed E-state index contributed by atoms with van der Waals surface area (Å²) in [6.07, 6.45) is 37.3. The van der Waals surface area contributed by atoms with Crippen LogP contribution in [-0.2, 0) is 19.2 Å². The van der Waals surface area contributed by atoms with Gasteiger partial charge in [0.25, 0.3) is 0 Å². The molecule has 0 aromatic carbocycles. The summed E-state index contributed by atoms with van der Waals surface area (Å²) < 4.78 is 0. The summed E-state index contributed by atoms with van der Waals surface area (Å²) in [6, 6.07) is 0. The second-order valence-electron chi connectivity index (χ2n) is 15.3. The van der Waals surface area contributed by atoms with E-state index in [2.05, 4.69) is 13.8 Å². The molecule has 2 unspecified atom stereocenters. The average Bonchev–Trinajstić information content (AvgIpc) is 3.67. The van der Waals surface area contributed by atoms with Crippen LogP contribution in [0.25, 0.3) is 0 Å². The van der Waals surface area contributed by atoms with E-state index in [1.807, 2.05) is 0 Å². The average molecular weight is 729 g/mol. The molecule has 0 spiro atoms. The molecule has 8 nitrogen and oxygen atoms in total. The molecule has 2 amide bonds. The molecule has 2 atom stereocenters. The Bertz CT molecular complexity index is 817. The number of hydrogen-bond donors (Lipinski definition) is 1. The molecular formula is C42H77N2NaO6. The first-order valence-electron chi connectivity index (χ1n) is 21.3. The topological polar surface area (TPSA) is 118 Å². The molecule has 2 saturated heterocycles. The normalized spacial score (nSPS) is 17.1. The Morgan fingerprint density at radius 1 is 0.510 bits per heavy atom. The quantitative estimate of drug-likeness (QED) is 0.0627. The fraction of sp³-hybridized carbons (Fsp3) is 0.905. The molecular weight excluding hydrogens is 651 g/mol. The summed E-state index contributed by atoms with van der Waals surface area (Å²) in [5.41, 5.74) is 0. The van der Waals surface area contributed by atoms with E-state index in [9.17, 15) is 24.3 Å². The van der Waals surface area contributed by atoms with Crippen molar-refractivity contribution in [3.05, 3.63) is 0 Å². The van der Waals surface area contributed by atoms with Crippen molar-refractivity contribution in [2.75, 3.05) is 26.2 Å². The summed E-state index contributed by atoms with van der Waals surface area (Å²) in [5, 5.41) is 19.8. The maximum Gasteiger partial charge on any atom is 1.00 e. The number of carboxylic acid groups (broad SMARTS) is 2. The molecule has 51 heavy (non-hydrogen) atoms. The molecule has 2 rings (SSSR count). The van der Waals surface area contributed by atoms with Gasteiger partial charge >= 0.3 is 35.5 Å². The maximum absolute atomic E-state index is 11.7. The van der Waals surface area contributed by atoms with Crippen LogP contribution in [-0.4, -0.2) is 64.8 Å². The standard InChI is InChI=1S/2C21H39NO3.Na/c2*1-2-3-4-5-6-7-8-9-10-11-12-13-14-15-16-22-18-19(21(24)25)17-20(22)23;/h2*19H,2-18H2,1H3,(H,24,25);/q;;+1/p-1. The van der Waals surface area contributed by atoms with Crippen LogP contribution in [0.15, 0.2) is 0 Å². The predicted octanol–water partition coefficient (Wildman–Crippen LogP) is 6.47. The SMILES string of the molecule is CCCCCCCCCCCCCCCCN1CC(C(=O)O)CC1=O.CCCCCCCCCCCCCCCCN1CC(C(=O)[O-])CC1=O.[Na+]. The molecule has 9 heteroatoms. The second kappa shape index (κ2) is 34.6. The van der Waals surface area contributed by atoms with Gasteiger partial charge in [0, 0.05) is 50.9 Å². The van der Waals surface area contributed by atoms with E-state index in [-0.39, 0.29) is 54.2 Å². The van der Waals surface area contributed by atoms with E-state index < -0.39 is 23.8 Å². The molecule has 0 aromatic rings. The van der Waals surface area contributed by atoms with Gasteiger partial charge in [-0.15, -0.1) is 0 Å². The van der Waals surface area contributed by atoms with Gasteiger partial charge in [-0.2, -0.15) is 0 Å². The molecule has 2 aliphatic heterocycles. The number of carboxylic acids is 2. The van der Waals surface area contributed by atoms with Crippen molar-refractivity contribution in [1.82, 2.24) is 9.80 Å². The van der Waals surface area contributed by atoms with Crippen LogP contribution in [0.3, 0.4) is 0 Å². The van der Waals surface area contributed by atoms with Crippen molar-refractivity contribution in [3.8, 4) is 0 Å². The van der Waals surface area contributed by atoms with Gasteiger partial charge in [0.05, 0.1) is 5.92 Å². The number of unbranched alkanes of at least 4 members (excludes halogenated alkanes) is 26. The van der Waals surface area contributed by atoms with Gasteiger partial charge in [-0.1, -0.05) is 181 Å². The molecule has 0 aliphatic carbocycles. The minimum absolute atomic E-state index is 0. The Kier molecular flexibility index (Phi) is 33.9. The van der Waals surface area contributed by atoms with Crippen LogP contribution >= 0.6 is 0 Å². The zero-order valence-corrected chi connectivity index (χ0v) is 35.6. The Balaban J connectivity index is 0.000000962. The molecule has 2 fully saturated rings. The third kappa shape index (κ3) is 27.2. The van der Waals surface area contributed by atoms with Crippen molar-refractivity contribution in [2.45, 2.75) is 206 Å². The van der Waals surface area contributed by atoms with Crippen molar-refractivity contribution >= 4 is 23.8 Å². The summed E-state index contributed by atoms with van der Waals surface area (Å²) in [7, 11) is 0. The number of rotatable bonds is 32. The number of nitrogens with zero attached hydrogens (tertiary/aromatic N) is 2. The summed E-state index contributed by atoms with van der Waals surface area (Å²) in [6.45, 7) is 6.73. The van der Waals surface area contributed by atoms with Crippen LogP contribution in [0, 0.1) is 11.8 Å². The molecule has 0 bridgehead atoms. The van der Waals surface area contributed by atoms with Gasteiger partial charge in [-0.3, -0.25) is 14.4 Å². The Morgan fingerprint density at radius 3 is 1.00 bits per heavy atom. The zero-order valence-electron chi connectivity index (χ0n) is 33.6. The number of carbonyl (C=O) groups excluding carboxylic acids is 3. The summed E-state index contributed by atoms with van der Waals surface area (Å²) in [5.74, 6) is -3.02. The van der Waals surface area contributed by atoms with Gasteiger partial charge in [0.15, 0.2) is 0 Å². The van der Waals surface area contributed by atoms with Crippen LogP contribution in [0.1, 0.15) is 206 Å². The van der Waals surface area contributed by atoms with Crippen LogP contribution in [0.2, 0.25) is 0 Å². The second-order valence-corrected chi connectivity index (χ2v) is 15.3. The van der Waals surface area contributed by atoms with E-state index in [4.69, 9.17) is 5.11 Å². The van der Waals surface area contributed by atoms with Crippen LogP contribution < -0.4 is 34.7 Å². The first-order chi connectivity index (χ1) is 24.3. The number of aliphatic carboxylic acids is 2. The number of likely N-dealkylation sites (tertiary alicyclic amines) is 2. The largest absolute Gasteiger partial charge is 1.00 e. The summed E-state index contributed by atoms with van der Waals surface area (Å²) in [4.78, 5) is 48.6. The first kappa shape index (κ1) is 49.9. The molecule has 292 valence electrons. The van der Waals surface area contributed by atoms with Gasteiger partial charge in [0.1, 0.15) is 0 Å². The van der Waals surface area contributed by atoms with E-state index >= 15 is 0 Å². The number of hydrogen-bond acceptors (Lipinski definition) is 5. The van der Waals surface area contributed by atoms with E-state index in [1.165, 1.54) is 154 Å². The van der Waals surface area contributed by atoms with Gasteiger partial charge in [-0.05, 0) is 12.8 Å². The van der Waals surface area contributed by atoms with Crippen molar-refractivity contribution in [1.29, 1.82) is 0 Å². The minimum atomic E-state index is -1.09. The Labute approximate surface area is 335 Å². The maximum atomic E-state index is 11.7. The monoisotopic (exact) mass is 729 g/mol. The van der Waals surface area contributed by atoms with Crippen molar-refractivity contribution < 1.29 is 58.9 Å². The van der Waals surface area contributed by atoms with Crippen molar-refractivity contribution in [2.24, 2.45) is 11.8 Å². The molecule has 2 aliphatic rings. The minimum Gasteiger partial charge on any atom is -0.550 e. The van der Waals surface area contributed by atoms with Gasteiger partial charge in [0.2, 0.25) is 11.8 Å². The van der Waals surface area contributed by atoms with E-state index in [0.29, 0.717) is 19.6 Å². The fourth-order valence-electron chi connectivity index (χ4n) is 7.29. The zero-order chi connectivity index (χ0) is 36.7. The van der Waals surface area contributed by atoms with Crippen LogP contribution in [0.4, 0.5) is 0 Å². The molecule has 0 radical (unpaired) electrons. The smallest absolute Gasteiger partial charge is 0.550 e. The number of amides is 2. The molecule has 1 N–H and O–H groups in total. The fourth-order valence-corrected chi connectivity index (χ4v) is 7.29. The molecule has 2 heterocycles. The Morgan fingerprint density at radius 2 is 0.765 bits per heavy atom. The van der Waals surface area contributed by atoms with Crippen LogP contribution in [0.5, 0.6) is 0 Å². The number of carbonyl (C=O) groups is 4. The Hall–Kier alpha value is -1.12. The predicted molar refractivity (Wildman–Crippen MR) is 203 cm³/mol. The third-order valence-electron chi connectivity index (χ3n) is 10.7.